The highest BCUT2D eigenvalue weighted by atomic mass is 16.5. The Morgan fingerprint density at radius 1 is 0.696 bits per heavy atom. The van der Waals surface area contributed by atoms with Crippen LogP contribution in [-0.2, 0) is 35.9 Å². The van der Waals surface area contributed by atoms with Crippen LogP contribution in [0.15, 0.2) is 66.9 Å². The van der Waals surface area contributed by atoms with Gasteiger partial charge in [0.25, 0.3) is 0 Å². The predicted octanol–water partition coefficient (Wildman–Crippen LogP) is 3.84. The van der Waals surface area contributed by atoms with Crippen LogP contribution in [0.1, 0.15) is 22.6 Å². The molecule has 23 heavy (non-hydrogen) atoms. The molecule has 1 N–H and O–H groups in total. The third kappa shape index (κ3) is 5.06. The van der Waals surface area contributed by atoms with E-state index >= 15 is 0 Å². The summed E-state index contributed by atoms with van der Waals surface area (Å²) in [6, 6.07) is 20.2. The zero-order valence-electron chi connectivity index (χ0n) is 12.9. The maximum absolute atomic E-state index is 5.68. The van der Waals surface area contributed by atoms with E-state index < -0.39 is 0 Å². The smallest absolute Gasteiger partial charge is 0.132 e. The Labute approximate surface area is 136 Å². The lowest BCUT2D eigenvalue weighted by Gasteiger charge is -2.03. The number of rotatable bonds is 8. The molecule has 1 aromatic heterocycles. The molecule has 4 heteroatoms. The second kappa shape index (κ2) is 8.27. The average Bonchev–Trinajstić information content (AvgIpc) is 3.05. The number of hydrogen-bond donors (Lipinski definition) is 1. The van der Waals surface area contributed by atoms with Crippen molar-refractivity contribution in [1.29, 1.82) is 0 Å². The Balaban J connectivity index is 1.39. The van der Waals surface area contributed by atoms with Gasteiger partial charge in [-0.15, -0.1) is 0 Å². The minimum absolute atomic E-state index is 0.466. The summed E-state index contributed by atoms with van der Waals surface area (Å²) in [5, 5.41) is 0. The summed E-state index contributed by atoms with van der Waals surface area (Å²) in [7, 11) is 0. The Morgan fingerprint density at radius 2 is 1.26 bits per heavy atom. The maximum Gasteiger partial charge on any atom is 0.132 e. The molecule has 0 amide bonds. The number of aromatic amines is 1. The number of benzene rings is 2. The largest absolute Gasteiger partial charge is 0.371 e. The first-order valence-electron chi connectivity index (χ1n) is 7.66. The van der Waals surface area contributed by atoms with Crippen LogP contribution >= 0.6 is 0 Å². The lowest BCUT2D eigenvalue weighted by molar-refractivity contribution is 0.0987. The van der Waals surface area contributed by atoms with E-state index in [-0.39, 0.29) is 0 Å². The van der Waals surface area contributed by atoms with E-state index in [2.05, 4.69) is 22.1 Å². The zero-order valence-corrected chi connectivity index (χ0v) is 12.9. The van der Waals surface area contributed by atoms with Crippen molar-refractivity contribution in [3.63, 3.8) is 0 Å². The minimum Gasteiger partial charge on any atom is -0.371 e. The number of aromatic nitrogens is 2. The molecule has 0 aliphatic carbocycles. The number of ether oxygens (including phenoxy) is 2. The molecule has 0 bridgehead atoms. The van der Waals surface area contributed by atoms with Gasteiger partial charge in [-0.2, -0.15) is 0 Å². The minimum atomic E-state index is 0.466. The summed E-state index contributed by atoms with van der Waals surface area (Å²) in [6.45, 7) is 2.16. The SMILES string of the molecule is c1ccc(COCc2cnc(COCc3ccccc3)[nH]2)cc1. The maximum atomic E-state index is 5.68. The summed E-state index contributed by atoms with van der Waals surface area (Å²) in [5.41, 5.74) is 3.28. The van der Waals surface area contributed by atoms with E-state index in [9.17, 15) is 0 Å². The molecule has 0 aliphatic heterocycles. The Kier molecular flexibility index (Phi) is 5.56. The monoisotopic (exact) mass is 308 g/mol. The van der Waals surface area contributed by atoms with Gasteiger partial charge in [0.15, 0.2) is 0 Å². The van der Waals surface area contributed by atoms with Crippen molar-refractivity contribution in [3.05, 3.63) is 89.5 Å². The van der Waals surface area contributed by atoms with Gasteiger partial charge in [0.2, 0.25) is 0 Å². The van der Waals surface area contributed by atoms with Gasteiger partial charge in [-0.25, -0.2) is 4.98 Å². The summed E-state index contributed by atoms with van der Waals surface area (Å²) >= 11 is 0. The molecule has 3 rings (SSSR count). The van der Waals surface area contributed by atoms with Crippen LogP contribution in [0, 0.1) is 0 Å². The fourth-order valence-electron chi connectivity index (χ4n) is 2.25. The molecule has 0 aliphatic rings. The van der Waals surface area contributed by atoms with Crippen molar-refractivity contribution in [2.75, 3.05) is 0 Å². The van der Waals surface area contributed by atoms with Gasteiger partial charge < -0.3 is 14.5 Å². The van der Waals surface area contributed by atoms with Crippen molar-refractivity contribution in [2.45, 2.75) is 26.4 Å². The van der Waals surface area contributed by atoms with E-state index in [0.29, 0.717) is 26.4 Å². The van der Waals surface area contributed by atoms with E-state index in [1.807, 2.05) is 48.5 Å². The molecule has 0 saturated heterocycles. The third-order valence-corrected chi connectivity index (χ3v) is 3.40. The summed E-state index contributed by atoms with van der Waals surface area (Å²) in [4.78, 5) is 7.54. The molecule has 2 aromatic carbocycles. The highest BCUT2D eigenvalue weighted by molar-refractivity contribution is 5.14. The predicted molar refractivity (Wildman–Crippen MR) is 88.5 cm³/mol. The molecule has 1 heterocycles. The molecule has 4 nitrogen and oxygen atoms in total. The summed E-state index contributed by atoms with van der Waals surface area (Å²) in [5.74, 6) is 0.819. The van der Waals surface area contributed by atoms with Gasteiger partial charge in [0.1, 0.15) is 12.4 Å². The lowest BCUT2D eigenvalue weighted by Crippen LogP contribution is -1.97. The van der Waals surface area contributed by atoms with Gasteiger partial charge in [-0.3, -0.25) is 0 Å². The fraction of sp³-hybridized carbons (Fsp3) is 0.211. The summed E-state index contributed by atoms with van der Waals surface area (Å²) in [6.07, 6.45) is 1.80. The van der Waals surface area contributed by atoms with E-state index in [4.69, 9.17) is 9.47 Å². The van der Waals surface area contributed by atoms with E-state index in [1.165, 1.54) is 5.56 Å². The zero-order chi connectivity index (χ0) is 15.7. The van der Waals surface area contributed by atoms with Gasteiger partial charge in [0, 0.05) is 0 Å². The van der Waals surface area contributed by atoms with Crippen LogP contribution in [0.5, 0.6) is 0 Å². The fourth-order valence-corrected chi connectivity index (χ4v) is 2.25. The van der Waals surface area contributed by atoms with E-state index in [1.54, 1.807) is 6.20 Å². The van der Waals surface area contributed by atoms with Crippen molar-refractivity contribution in [3.8, 4) is 0 Å². The Bertz CT molecular complexity index is 636. The van der Waals surface area contributed by atoms with Crippen molar-refractivity contribution < 1.29 is 9.47 Å². The molecule has 0 fully saturated rings. The van der Waals surface area contributed by atoms with Crippen LogP contribution in [-0.4, -0.2) is 9.97 Å². The van der Waals surface area contributed by atoms with Crippen molar-refractivity contribution >= 4 is 0 Å². The van der Waals surface area contributed by atoms with Crippen LogP contribution in [0.2, 0.25) is 0 Å². The summed E-state index contributed by atoms with van der Waals surface area (Å²) < 4.78 is 11.3. The van der Waals surface area contributed by atoms with E-state index in [0.717, 1.165) is 17.1 Å². The molecule has 0 spiro atoms. The number of H-pyrrole nitrogens is 1. The molecule has 0 radical (unpaired) electrons. The number of imidazole rings is 1. The van der Waals surface area contributed by atoms with Gasteiger partial charge in [-0.05, 0) is 11.1 Å². The normalized spacial score (nSPS) is 10.8. The highest BCUT2D eigenvalue weighted by Gasteiger charge is 2.02. The second-order valence-corrected chi connectivity index (χ2v) is 5.31. The van der Waals surface area contributed by atoms with Gasteiger partial charge in [0.05, 0.1) is 31.7 Å². The van der Waals surface area contributed by atoms with Crippen LogP contribution in [0.4, 0.5) is 0 Å². The molecule has 0 atom stereocenters. The number of nitrogens with one attached hydrogen (secondary N) is 1. The standard InChI is InChI=1S/C19H20N2O2/c1-3-7-16(8-4-1)12-22-14-18-11-20-19(21-18)15-23-13-17-9-5-2-6-10-17/h1-11H,12-15H2,(H,20,21). The van der Waals surface area contributed by atoms with Crippen LogP contribution in [0.25, 0.3) is 0 Å². The first-order chi connectivity index (χ1) is 11.4. The molecular weight excluding hydrogens is 288 g/mol. The second-order valence-electron chi connectivity index (χ2n) is 5.31. The van der Waals surface area contributed by atoms with Crippen LogP contribution < -0.4 is 0 Å². The number of hydrogen-bond acceptors (Lipinski definition) is 3. The highest BCUT2D eigenvalue weighted by Crippen LogP contribution is 2.07. The molecular formula is C19H20N2O2. The molecule has 3 aromatic rings. The van der Waals surface area contributed by atoms with Gasteiger partial charge in [-0.1, -0.05) is 60.7 Å². The Hall–Kier alpha value is -2.43. The first-order valence-corrected chi connectivity index (χ1v) is 7.66. The lowest BCUT2D eigenvalue weighted by atomic mass is 10.2. The quantitative estimate of drug-likeness (QED) is 0.687. The topological polar surface area (TPSA) is 47.1 Å². The van der Waals surface area contributed by atoms with Crippen LogP contribution in [0.3, 0.4) is 0 Å². The average molecular weight is 308 g/mol. The third-order valence-electron chi connectivity index (χ3n) is 3.40. The molecule has 118 valence electrons. The van der Waals surface area contributed by atoms with Crippen molar-refractivity contribution in [1.82, 2.24) is 9.97 Å². The molecule has 0 unspecified atom stereocenters. The first kappa shape index (κ1) is 15.5. The Morgan fingerprint density at radius 3 is 1.87 bits per heavy atom. The molecule has 0 saturated carbocycles. The van der Waals surface area contributed by atoms with Crippen molar-refractivity contribution in [2.24, 2.45) is 0 Å². The van der Waals surface area contributed by atoms with Gasteiger partial charge >= 0.3 is 0 Å². The number of nitrogens with zero attached hydrogens (tertiary/aromatic N) is 1.